The Morgan fingerprint density at radius 2 is 2.05 bits per heavy atom. The number of hydrogen-bond donors (Lipinski definition) is 1. The summed E-state index contributed by atoms with van der Waals surface area (Å²) in [7, 11) is 1.28. The largest absolute Gasteiger partial charge is 0.573 e. The molecular weight excluding hydrogens is 299 g/mol. The SMILES string of the molecule is COC(=O)C(N)CC(C)CCc1cccc(OC(F)(F)F)c1. The zero-order valence-corrected chi connectivity index (χ0v) is 12.5. The van der Waals surface area contributed by atoms with E-state index in [9.17, 15) is 18.0 Å². The van der Waals surface area contributed by atoms with Gasteiger partial charge >= 0.3 is 12.3 Å². The highest BCUT2D eigenvalue weighted by atomic mass is 19.4. The normalized spacial score (nSPS) is 14.3. The summed E-state index contributed by atoms with van der Waals surface area (Å²) < 4.78 is 44.9. The third kappa shape index (κ3) is 6.80. The van der Waals surface area contributed by atoms with Crippen LogP contribution in [0.3, 0.4) is 0 Å². The molecule has 0 heterocycles. The number of esters is 1. The van der Waals surface area contributed by atoms with Gasteiger partial charge in [-0.25, -0.2) is 0 Å². The van der Waals surface area contributed by atoms with Crippen molar-refractivity contribution < 1.29 is 27.4 Å². The Labute approximate surface area is 127 Å². The maximum atomic E-state index is 12.2. The van der Waals surface area contributed by atoms with Gasteiger partial charge in [0, 0.05) is 0 Å². The lowest BCUT2D eigenvalue weighted by Crippen LogP contribution is -2.33. The van der Waals surface area contributed by atoms with Crippen molar-refractivity contribution in [2.75, 3.05) is 7.11 Å². The molecule has 0 saturated carbocycles. The van der Waals surface area contributed by atoms with Gasteiger partial charge in [0.05, 0.1) is 7.11 Å². The molecule has 0 radical (unpaired) electrons. The molecule has 0 amide bonds. The lowest BCUT2D eigenvalue weighted by Gasteiger charge is -2.16. The van der Waals surface area contributed by atoms with Crippen LogP contribution in [-0.2, 0) is 16.0 Å². The Hall–Kier alpha value is -1.76. The molecule has 7 heteroatoms. The van der Waals surface area contributed by atoms with Gasteiger partial charge in [-0.2, -0.15) is 0 Å². The summed E-state index contributed by atoms with van der Waals surface area (Å²) in [6.45, 7) is 1.93. The molecule has 0 aliphatic rings. The Kier molecular flexibility index (Phi) is 6.67. The predicted molar refractivity (Wildman–Crippen MR) is 75.2 cm³/mol. The summed E-state index contributed by atoms with van der Waals surface area (Å²) in [5, 5.41) is 0. The molecule has 1 aromatic rings. The van der Waals surface area contributed by atoms with Crippen molar-refractivity contribution in [2.45, 2.75) is 38.6 Å². The number of ether oxygens (including phenoxy) is 2. The summed E-state index contributed by atoms with van der Waals surface area (Å²) in [6.07, 6.45) is -2.96. The van der Waals surface area contributed by atoms with Crippen molar-refractivity contribution in [3.8, 4) is 5.75 Å². The van der Waals surface area contributed by atoms with Crippen molar-refractivity contribution in [2.24, 2.45) is 11.7 Å². The third-order valence-corrected chi connectivity index (χ3v) is 3.22. The number of halogens is 3. The molecule has 0 bridgehead atoms. The standard InChI is InChI=1S/C15H20F3NO3/c1-10(8-13(19)14(20)21-2)6-7-11-4-3-5-12(9-11)22-15(16,17)18/h3-5,9-10,13H,6-8,19H2,1-2H3. The molecule has 4 nitrogen and oxygen atoms in total. The summed E-state index contributed by atoms with van der Waals surface area (Å²) in [5.41, 5.74) is 6.41. The average Bonchev–Trinajstić information content (AvgIpc) is 2.42. The van der Waals surface area contributed by atoms with Crippen LogP contribution < -0.4 is 10.5 Å². The second kappa shape index (κ2) is 8.03. The summed E-state index contributed by atoms with van der Waals surface area (Å²) >= 11 is 0. The van der Waals surface area contributed by atoms with E-state index in [1.807, 2.05) is 6.92 Å². The fourth-order valence-corrected chi connectivity index (χ4v) is 2.11. The number of alkyl halides is 3. The van der Waals surface area contributed by atoms with Crippen molar-refractivity contribution >= 4 is 5.97 Å². The van der Waals surface area contributed by atoms with E-state index >= 15 is 0 Å². The Morgan fingerprint density at radius 3 is 2.64 bits per heavy atom. The van der Waals surface area contributed by atoms with Crippen LogP contribution in [0.4, 0.5) is 13.2 Å². The van der Waals surface area contributed by atoms with Crippen molar-refractivity contribution in [1.82, 2.24) is 0 Å². The first-order chi connectivity index (χ1) is 10.2. The Morgan fingerprint density at radius 1 is 1.36 bits per heavy atom. The van der Waals surface area contributed by atoms with Crippen LogP contribution in [0.2, 0.25) is 0 Å². The van der Waals surface area contributed by atoms with E-state index in [0.717, 1.165) is 5.56 Å². The highest BCUT2D eigenvalue weighted by Crippen LogP contribution is 2.24. The zero-order chi connectivity index (χ0) is 16.8. The summed E-state index contributed by atoms with van der Waals surface area (Å²) in [4.78, 5) is 11.2. The number of methoxy groups -OCH3 is 1. The Bertz CT molecular complexity index is 491. The molecule has 0 aromatic heterocycles. The first kappa shape index (κ1) is 18.3. The monoisotopic (exact) mass is 319 g/mol. The van der Waals surface area contributed by atoms with Gasteiger partial charge in [-0.05, 0) is 42.9 Å². The molecule has 0 spiro atoms. The first-order valence-corrected chi connectivity index (χ1v) is 6.89. The molecule has 124 valence electrons. The van der Waals surface area contributed by atoms with Crippen LogP contribution in [0.15, 0.2) is 24.3 Å². The van der Waals surface area contributed by atoms with Crippen LogP contribution >= 0.6 is 0 Å². The van der Waals surface area contributed by atoms with Crippen LogP contribution in [0, 0.1) is 5.92 Å². The van der Waals surface area contributed by atoms with E-state index in [2.05, 4.69) is 9.47 Å². The third-order valence-electron chi connectivity index (χ3n) is 3.22. The van der Waals surface area contributed by atoms with Gasteiger partial charge in [0.25, 0.3) is 0 Å². The number of benzene rings is 1. The second-order valence-electron chi connectivity index (χ2n) is 5.20. The van der Waals surface area contributed by atoms with E-state index < -0.39 is 18.4 Å². The van der Waals surface area contributed by atoms with Crippen LogP contribution in [0.1, 0.15) is 25.3 Å². The molecule has 2 unspecified atom stereocenters. The molecule has 0 aliphatic carbocycles. The molecule has 0 fully saturated rings. The summed E-state index contributed by atoms with van der Waals surface area (Å²) in [6, 6.07) is 5.19. The van der Waals surface area contributed by atoms with Gasteiger partial charge in [0.2, 0.25) is 0 Å². The molecule has 1 rings (SSSR count). The highest BCUT2D eigenvalue weighted by molar-refractivity contribution is 5.75. The van der Waals surface area contributed by atoms with Crippen LogP contribution in [-0.4, -0.2) is 25.5 Å². The smallest absolute Gasteiger partial charge is 0.468 e. The van der Waals surface area contributed by atoms with Gasteiger partial charge in [-0.1, -0.05) is 19.1 Å². The lowest BCUT2D eigenvalue weighted by atomic mass is 9.95. The Balaban J connectivity index is 2.50. The van der Waals surface area contributed by atoms with Crippen molar-refractivity contribution in [3.05, 3.63) is 29.8 Å². The van der Waals surface area contributed by atoms with Gasteiger partial charge in [-0.3, -0.25) is 4.79 Å². The van der Waals surface area contributed by atoms with Gasteiger partial charge in [0.15, 0.2) is 0 Å². The van der Waals surface area contributed by atoms with Crippen molar-refractivity contribution in [1.29, 1.82) is 0 Å². The predicted octanol–water partition coefficient (Wildman–Crippen LogP) is 3.04. The molecule has 2 atom stereocenters. The number of nitrogens with two attached hydrogens (primary N) is 1. The van der Waals surface area contributed by atoms with Gasteiger partial charge < -0.3 is 15.2 Å². The maximum Gasteiger partial charge on any atom is 0.573 e. The molecule has 1 aromatic carbocycles. The second-order valence-corrected chi connectivity index (χ2v) is 5.20. The fraction of sp³-hybridized carbons (Fsp3) is 0.533. The van der Waals surface area contributed by atoms with Crippen LogP contribution in [0.25, 0.3) is 0 Å². The average molecular weight is 319 g/mol. The highest BCUT2D eigenvalue weighted by Gasteiger charge is 2.31. The molecule has 0 saturated heterocycles. The zero-order valence-electron chi connectivity index (χ0n) is 12.5. The summed E-state index contributed by atoms with van der Waals surface area (Å²) in [5.74, 6) is -0.558. The molecule has 2 N–H and O–H groups in total. The first-order valence-electron chi connectivity index (χ1n) is 6.89. The maximum absolute atomic E-state index is 12.2. The molecule has 22 heavy (non-hydrogen) atoms. The van der Waals surface area contributed by atoms with Crippen LogP contribution in [0.5, 0.6) is 5.75 Å². The van der Waals surface area contributed by atoms with E-state index in [4.69, 9.17) is 5.73 Å². The lowest BCUT2D eigenvalue weighted by molar-refractivity contribution is -0.274. The fourth-order valence-electron chi connectivity index (χ4n) is 2.11. The van der Waals surface area contributed by atoms with Crippen molar-refractivity contribution in [3.63, 3.8) is 0 Å². The number of carbonyl (C=O) groups excluding carboxylic acids is 1. The minimum atomic E-state index is -4.70. The minimum Gasteiger partial charge on any atom is -0.468 e. The topological polar surface area (TPSA) is 61.5 Å². The molecular formula is C15H20F3NO3. The quantitative estimate of drug-likeness (QED) is 0.785. The van der Waals surface area contributed by atoms with E-state index in [1.54, 1.807) is 6.07 Å². The number of rotatable bonds is 7. The van der Waals surface area contributed by atoms with E-state index in [0.29, 0.717) is 19.3 Å². The number of hydrogen-bond acceptors (Lipinski definition) is 4. The van der Waals surface area contributed by atoms with Gasteiger partial charge in [-0.15, -0.1) is 13.2 Å². The molecule has 0 aliphatic heterocycles. The van der Waals surface area contributed by atoms with E-state index in [1.165, 1.54) is 25.3 Å². The number of aryl methyl sites for hydroxylation is 1. The van der Waals surface area contributed by atoms with E-state index in [-0.39, 0.29) is 11.7 Å². The minimum absolute atomic E-state index is 0.140. The number of carbonyl (C=O) groups is 1. The van der Waals surface area contributed by atoms with Gasteiger partial charge in [0.1, 0.15) is 11.8 Å².